The molecule has 3 atom stereocenters. The SMILES string of the molecule is CS(=O)(=O)NCc1csc2c1S(=O)(=O)N=C(C1C(=O)[C@@H]3CCCCC[C@@H]3N(Cc3ccsc3)C1=O)N2. The Kier molecular flexibility index (Phi) is 6.83. The van der Waals surface area contributed by atoms with E-state index in [0.717, 1.165) is 48.8 Å². The number of fused-ring (bicyclic) bond motifs is 2. The van der Waals surface area contributed by atoms with Crippen LogP contribution in [-0.4, -0.2) is 51.6 Å². The second-order valence-electron chi connectivity index (χ2n) is 9.33. The van der Waals surface area contributed by atoms with Crippen LogP contribution in [0.25, 0.3) is 0 Å². The van der Waals surface area contributed by atoms with Gasteiger partial charge in [-0.25, -0.2) is 13.1 Å². The van der Waals surface area contributed by atoms with Crippen molar-refractivity contribution in [1.82, 2.24) is 9.62 Å². The van der Waals surface area contributed by atoms with Crippen molar-refractivity contribution in [3.05, 3.63) is 33.3 Å². The van der Waals surface area contributed by atoms with Crippen molar-refractivity contribution < 1.29 is 26.4 Å². The van der Waals surface area contributed by atoms with Gasteiger partial charge in [0.15, 0.2) is 11.7 Å². The van der Waals surface area contributed by atoms with Gasteiger partial charge in [0.25, 0.3) is 10.0 Å². The molecule has 2 N–H and O–H groups in total. The quantitative estimate of drug-likeness (QED) is 0.508. The summed E-state index contributed by atoms with van der Waals surface area (Å²) in [6.07, 6.45) is 5.18. The van der Waals surface area contributed by atoms with Crippen molar-refractivity contribution >= 4 is 65.2 Å². The highest BCUT2D eigenvalue weighted by molar-refractivity contribution is 7.91. The predicted octanol–water partition coefficient (Wildman–Crippen LogP) is 2.55. The largest absolute Gasteiger partial charge is 0.334 e. The summed E-state index contributed by atoms with van der Waals surface area (Å²) in [5, 5.41) is 8.59. The predicted molar refractivity (Wildman–Crippen MR) is 138 cm³/mol. The van der Waals surface area contributed by atoms with Gasteiger partial charge in [-0.3, -0.25) is 9.59 Å². The summed E-state index contributed by atoms with van der Waals surface area (Å²) in [6.45, 7) is 0.148. The Balaban J connectivity index is 1.50. The number of amidine groups is 1. The Morgan fingerprint density at radius 2 is 1.97 bits per heavy atom. The lowest BCUT2D eigenvalue weighted by atomic mass is 9.78. The van der Waals surface area contributed by atoms with E-state index in [2.05, 4.69) is 14.4 Å². The molecule has 2 fully saturated rings. The normalized spacial score (nSPS) is 26.0. The van der Waals surface area contributed by atoms with Crippen LogP contribution >= 0.6 is 22.7 Å². The lowest BCUT2D eigenvalue weighted by Crippen LogP contribution is -2.59. The highest BCUT2D eigenvalue weighted by Gasteiger charge is 2.51. The van der Waals surface area contributed by atoms with E-state index in [-0.39, 0.29) is 45.6 Å². The molecule has 2 aromatic heterocycles. The van der Waals surface area contributed by atoms with Gasteiger partial charge in [-0.05, 0) is 40.6 Å². The smallest absolute Gasteiger partial charge is 0.287 e. The molecule has 2 aromatic rings. The van der Waals surface area contributed by atoms with Gasteiger partial charge in [0, 0.05) is 30.6 Å². The average molecular weight is 571 g/mol. The first-order chi connectivity index (χ1) is 17.0. The molecule has 2 aliphatic heterocycles. The Morgan fingerprint density at radius 1 is 1.19 bits per heavy atom. The molecule has 3 aliphatic rings. The number of anilines is 1. The number of piperidine rings is 1. The molecule has 5 rings (SSSR count). The molecule has 0 bridgehead atoms. The molecule has 1 unspecified atom stereocenters. The molecule has 1 amide bonds. The average Bonchev–Trinajstić information content (AvgIpc) is 3.39. The summed E-state index contributed by atoms with van der Waals surface area (Å²) >= 11 is 2.60. The summed E-state index contributed by atoms with van der Waals surface area (Å²) < 4.78 is 55.5. The lowest BCUT2D eigenvalue weighted by molar-refractivity contribution is -0.151. The van der Waals surface area contributed by atoms with Crippen LogP contribution in [0.15, 0.2) is 31.5 Å². The minimum atomic E-state index is -4.27. The number of ketones is 1. The third-order valence-corrected chi connectivity index (χ3v) is 10.7. The summed E-state index contributed by atoms with van der Waals surface area (Å²) in [4.78, 5) is 29.1. The number of amides is 1. The van der Waals surface area contributed by atoms with Gasteiger partial charge in [-0.2, -0.15) is 19.8 Å². The maximum atomic E-state index is 13.8. The van der Waals surface area contributed by atoms with Crippen molar-refractivity contribution in [1.29, 1.82) is 0 Å². The van der Waals surface area contributed by atoms with Gasteiger partial charge in [0.2, 0.25) is 15.9 Å². The van der Waals surface area contributed by atoms with Gasteiger partial charge >= 0.3 is 0 Å². The van der Waals surface area contributed by atoms with E-state index in [0.29, 0.717) is 13.0 Å². The highest BCUT2D eigenvalue weighted by Crippen LogP contribution is 2.41. The number of nitrogens with one attached hydrogen (secondary N) is 2. The Labute approximate surface area is 217 Å². The Hall–Kier alpha value is -2.13. The van der Waals surface area contributed by atoms with E-state index >= 15 is 0 Å². The van der Waals surface area contributed by atoms with Crippen molar-refractivity contribution in [2.75, 3.05) is 11.6 Å². The molecule has 1 saturated carbocycles. The zero-order valence-electron chi connectivity index (χ0n) is 19.5. The number of rotatable bonds is 6. The molecule has 0 aromatic carbocycles. The second kappa shape index (κ2) is 9.63. The maximum absolute atomic E-state index is 13.8. The summed E-state index contributed by atoms with van der Waals surface area (Å²) in [5.74, 6) is -2.60. The van der Waals surface area contributed by atoms with Crippen LogP contribution in [0.4, 0.5) is 5.00 Å². The number of sulfonamides is 2. The van der Waals surface area contributed by atoms with Crippen LogP contribution in [0.3, 0.4) is 0 Å². The zero-order chi connectivity index (χ0) is 25.7. The van der Waals surface area contributed by atoms with Crippen LogP contribution in [0.1, 0.15) is 43.2 Å². The number of Topliss-reactive ketones (excluding diaryl/α,β-unsaturated/α-hetero) is 1. The molecule has 0 radical (unpaired) electrons. The fourth-order valence-corrected chi connectivity index (χ4v) is 8.93. The summed E-state index contributed by atoms with van der Waals surface area (Å²) in [5.41, 5.74) is 1.22. The van der Waals surface area contributed by atoms with Crippen LogP contribution < -0.4 is 10.0 Å². The van der Waals surface area contributed by atoms with Gasteiger partial charge in [0.1, 0.15) is 15.7 Å². The van der Waals surface area contributed by atoms with Crippen LogP contribution in [0.5, 0.6) is 0 Å². The van der Waals surface area contributed by atoms with Gasteiger partial charge in [-0.15, -0.1) is 15.7 Å². The minimum absolute atomic E-state index is 0.134. The molecule has 1 saturated heterocycles. The molecular weight excluding hydrogens is 545 g/mol. The monoisotopic (exact) mass is 570 g/mol. The summed E-state index contributed by atoms with van der Waals surface area (Å²) in [7, 11) is -7.81. The third-order valence-electron chi connectivity index (χ3n) is 6.83. The number of likely N-dealkylation sites (tertiary alicyclic amines) is 1. The molecule has 4 heterocycles. The molecular formula is C22H26N4O6S4. The topological polar surface area (TPSA) is 142 Å². The number of thiophene rings is 2. The van der Waals surface area contributed by atoms with Crippen molar-refractivity contribution in [3.8, 4) is 0 Å². The Morgan fingerprint density at radius 3 is 2.69 bits per heavy atom. The van der Waals surface area contributed by atoms with Crippen molar-refractivity contribution in [3.63, 3.8) is 0 Å². The van der Waals surface area contributed by atoms with Crippen LogP contribution in [0.2, 0.25) is 0 Å². The van der Waals surface area contributed by atoms with E-state index in [9.17, 15) is 26.4 Å². The van der Waals surface area contributed by atoms with E-state index in [1.54, 1.807) is 4.90 Å². The number of hydrogen-bond acceptors (Lipinski definition) is 9. The van der Waals surface area contributed by atoms with E-state index in [4.69, 9.17) is 0 Å². The molecule has 194 valence electrons. The third kappa shape index (κ3) is 4.88. The van der Waals surface area contributed by atoms with Crippen molar-refractivity contribution in [2.24, 2.45) is 16.2 Å². The van der Waals surface area contributed by atoms with Gasteiger partial charge < -0.3 is 10.2 Å². The Bertz CT molecular complexity index is 1430. The fraction of sp³-hybridized carbons (Fsp3) is 0.500. The first-order valence-electron chi connectivity index (χ1n) is 11.6. The second-order valence-corrected chi connectivity index (χ2v) is 14.4. The van der Waals surface area contributed by atoms with E-state index < -0.39 is 31.9 Å². The van der Waals surface area contributed by atoms with Crippen LogP contribution in [0, 0.1) is 11.8 Å². The number of hydrogen-bond donors (Lipinski definition) is 2. The minimum Gasteiger partial charge on any atom is -0.334 e. The first kappa shape index (κ1) is 25.5. The lowest BCUT2D eigenvalue weighted by Gasteiger charge is -2.43. The van der Waals surface area contributed by atoms with Crippen molar-refractivity contribution in [2.45, 2.75) is 56.1 Å². The molecule has 10 nitrogen and oxygen atoms in total. The van der Waals surface area contributed by atoms with Gasteiger partial charge in [0.05, 0.1) is 6.26 Å². The number of carbonyl (C=O) groups is 2. The van der Waals surface area contributed by atoms with Crippen LogP contribution in [-0.2, 0) is 42.7 Å². The fourth-order valence-electron chi connectivity index (χ4n) is 5.21. The molecule has 36 heavy (non-hydrogen) atoms. The molecule has 0 spiro atoms. The number of nitrogens with zero attached hydrogens (tertiary/aromatic N) is 2. The number of carbonyl (C=O) groups excluding carboxylic acids is 2. The molecule has 1 aliphatic carbocycles. The van der Waals surface area contributed by atoms with E-state index in [1.165, 1.54) is 16.7 Å². The highest BCUT2D eigenvalue weighted by atomic mass is 32.2. The first-order valence-corrected chi connectivity index (χ1v) is 16.7. The van der Waals surface area contributed by atoms with Gasteiger partial charge in [-0.1, -0.05) is 19.3 Å². The summed E-state index contributed by atoms with van der Waals surface area (Å²) in [6, 6.07) is 1.73. The standard InChI is InChI=1S/C22H26N4O6S4/c1-35(29,30)23-9-14-12-34-21-19(14)36(31,32)25-20(24-21)17-18(27)15-5-3-2-4-6-16(15)26(22(17)28)10-13-7-8-33-11-13/h7-8,11-12,15-17,23H,2-6,9-10H2,1H3,(H,24,25)/t15-,16+,17?/m1/s1. The molecule has 14 heteroatoms. The van der Waals surface area contributed by atoms with E-state index in [1.807, 2.05) is 16.8 Å². The zero-order valence-corrected chi connectivity index (χ0v) is 22.7. The maximum Gasteiger partial charge on any atom is 0.287 e.